The third-order valence-electron chi connectivity index (χ3n) is 10.6. The van der Waals surface area contributed by atoms with Gasteiger partial charge in [-0.05, 0) is 146 Å². The number of hydrogen-bond acceptors (Lipinski definition) is 4. The molecule has 0 bridgehead atoms. The predicted octanol–water partition coefficient (Wildman–Crippen LogP) is 9.27. The van der Waals surface area contributed by atoms with Gasteiger partial charge in [0.2, 0.25) is 0 Å². The van der Waals surface area contributed by atoms with Gasteiger partial charge in [-0.15, -0.1) is 0 Å². The number of likely N-dealkylation sites (N-methyl/N-ethyl adjacent to an activating group) is 1. The van der Waals surface area contributed by atoms with Crippen molar-refractivity contribution in [3.8, 4) is 0 Å². The SMILES string of the molecule is CN1CC=C(c2ccc(Cl)cc2C2CCC(c3ccc(C4CCCN4C(C)(C)C)c(N4CCCC4)c3)N2C(C)(C)C)CC1. The Balaban J connectivity index is 1.39. The molecule has 234 valence electrons. The largest absolute Gasteiger partial charge is 0.371 e. The second kappa shape index (κ2) is 12.2. The van der Waals surface area contributed by atoms with Crippen LogP contribution >= 0.6 is 11.6 Å². The minimum atomic E-state index is 0.0214. The van der Waals surface area contributed by atoms with E-state index in [4.69, 9.17) is 11.6 Å². The maximum absolute atomic E-state index is 6.73. The molecule has 0 saturated carbocycles. The highest BCUT2D eigenvalue weighted by Gasteiger charge is 2.43. The molecule has 4 nitrogen and oxygen atoms in total. The minimum Gasteiger partial charge on any atom is -0.371 e. The molecule has 2 aromatic carbocycles. The Bertz CT molecular complexity index is 1330. The first kappa shape index (κ1) is 31.1. The zero-order chi connectivity index (χ0) is 30.5. The quantitative estimate of drug-likeness (QED) is 0.338. The van der Waals surface area contributed by atoms with Gasteiger partial charge in [-0.25, -0.2) is 0 Å². The Labute approximate surface area is 267 Å². The molecule has 0 amide bonds. The molecule has 0 spiro atoms. The standard InChI is InChI=1S/C38H55ClN4/c1-37(2,3)42-22-10-11-34(42)31-14-12-28(25-36(31)41-20-8-9-21-41)33-16-17-35(43(33)38(4,5)6)32-26-29(39)13-15-30(32)27-18-23-40(7)24-19-27/h12-15,18,25-26,33-35H,8-11,16-17,19-24H2,1-7H3. The molecule has 4 aliphatic heterocycles. The molecule has 5 heteroatoms. The Kier molecular flexibility index (Phi) is 8.80. The number of hydrogen-bond donors (Lipinski definition) is 0. The number of likely N-dealkylation sites (tertiary alicyclic amines) is 2. The normalized spacial score (nSPS) is 26.5. The highest BCUT2D eigenvalue weighted by atomic mass is 35.5. The van der Waals surface area contributed by atoms with Crippen LogP contribution in [0.4, 0.5) is 5.69 Å². The lowest BCUT2D eigenvalue weighted by Gasteiger charge is -2.43. The van der Waals surface area contributed by atoms with Crippen molar-refractivity contribution in [2.75, 3.05) is 44.7 Å². The van der Waals surface area contributed by atoms with E-state index in [2.05, 4.69) is 111 Å². The Morgan fingerprint density at radius 2 is 1.47 bits per heavy atom. The molecular weight excluding hydrogens is 548 g/mol. The molecule has 3 atom stereocenters. The lowest BCUT2D eigenvalue weighted by atomic mass is 9.89. The van der Waals surface area contributed by atoms with Crippen LogP contribution in [0.5, 0.6) is 0 Å². The topological polar surface area (TPSA) is 13.0 Å². The van der Waals surface area contributed by atoms with Gasteiger partial charge in [-0.1, -0.05) is 35.9 Å². The van der Waals surface area contributed by atoms with Crippen LogP contribution in [0, 0.1) is 0 Å². The van der Waals surface area contributed by atoms with Crippen LogP contribution in [0.15, 0.2) is 42.5 Å². The maximum Gasteiger partial charge on any atom is 0.0418 e. The average Bonchev–Trinajstić information content (AvgIpc) is 3.73. The molecule has 0 radical (unpaired) electrons. The lowest BCUT2D eigenvalue weighted by Crippen LogP contribution is -2.42. The number of anilines is 1. The summed E-state index contributed by atoms with van der Waals surface area (Å²) in [6.07, 6.45) is 11.0. The van der Waals surface area contributed by atoms with E-state index in [1.165, 1.54) is 79.7 Å². The first-order valence-electron chi connectivity index (χ1n) is 17.0. The molecule has 6 rings (SSSR count). The van der Waals surface area contributed by atoms with Crippen molar-refractivity contribution in [3.05, 3.63) is 69.8 Å². The van der Waals surface area contributed by atoms with E-state index in [1.807, 2.05) is 0 Å². The third-order valence-corrected chi connectivity index (χ3v) is 10.9. The molecule has 0 aromatic heterocycles. The lowest BCUT2D eigenvalue weighted by molar-refractivity contribution is 0.0750. The van der Waals surface area contributed by atoms with E-state index >= 15 is 0 Å². The van der Waals surface area contributed by atoms with E-state index in [9.17, 15) is 0 Å². The van der Waals surface area contributed by atoms with Crippen molar-refractivity contribution in [2.24, 2.45) is 0 Å². The summed E-state index contributed by atoms with van der Waals surface area (Å²) in [6, 6.07) is 15.6. The molecule has 0 N–H and O–H groups in total. The van der Waals surface area contributed by atoms with Gasteiger partial charge in [0.15, 0.2) is 0 Å². The zero-order valence-electron chi connectivity index (χ0n) is 27.9. The smallest absolute Gasteiger partial charge is 0.0418 e. The predicted molar refractivity (Wildman–Crippen MR) is 184 cm³/mol. The van der Waals surface area contributed by atoms with Gasteiger partial charge < -0.3 is 9.80 Å². The van der Waals surface area contributed by atoms with Gasteiger partial charge >= 0.3 is 0 Å². The molecular formula is C38H55ClN4. The van der Waals surface area contributed by atoms with Crippen LogP contribution in [-0.2, 0) is 0 Å². The van der Waals surface area contributed by atoms with Crippen molar-refractivity contribution in [1.82, 2.24) is 14.7 Å². The van der Waals surface area contributed by atoms with E-state index in [1.54, 1.807) is 5.56 Å². The van der Waals surface area contributed by atoms with Crippen molar-refractivity contribution in [1.29, 1.82) is 0 Å². The summed E-state index contributed by atoms with van der Waals surface area (Å²) >= 11 is 6.73. The zero-order valence-corrected chi connectivity index (χ0v) is 28.7. The third kappa shape index (κ3) is 6.32. The number of benzene rings is 2. The molecule has 0 aliphatic carbocycles. The van der Waals surface area contributed by atoms with Crippen molar-refractivity contribution >= 4 is 22.9 Å². The van der Waals surface area contributed by atoms with Gasteiger partial charge in [0.05, 0.1) is 0 Å². The number of halogens is 1. The van der Waals surface area contributed by atoms with Gasteiger partial charge in [0.1, 0.15) is 0 Å². The van der Waals surface area contributed by atoms with Gasteiger partial charge in [-0.2, -0.15) is 0 Å². The van der Waals surface area contributed by atoms with Crippen LogP contribution < -0.4 is 4.90 Å². The fraction of sp³-hybridized carbons (Fsp3) is 0.632. The summed E-state index contributed by atoms with van der Waals surface area (Å²) in [6.45, 7) is 20.1. The van der Waals surface area contributed by atoms with Crippen LogP contribution in [0.25, 0.3) is 5.57 Å². The Hall–Kier alpha value is -1.85. The fourth-order valence-corrected chi connectivity index (χ4v) is 8.85. The highest BCUT2D eigenvalue weighted by molar-refractivity contribution is 6.30. The van der Waals surface area contributed by atoms with E-state index in [-0.39, 0.29) is 11.1 Å². The van der Waals surface area contributed by atoms with Gasteiger partial charge in [-0.3, -0.25) is 9.80 Å². The van der Waals surface area contributed by atoms with E-state index in [0.717, 1.165) is 31.0 Å². The van der Waals surface area contributed by atoms with E-state index < -0.39 is 0 Å². The maximum atomic E-state index is 6.73. The van der Waals surface area contributed by atoms with Gasteiger partial charge in [0.25, 0.3) is 0 Å². The Morgan fingerprint density at radius 1 is 0.721 bits per heavy atom. The minimum absolute atomic E-state index is 0.0214. The van der Waals surface area contributed by atoms with Crippen molar-refractivity contribution in [2.45, 2.75) is 116 Å². The molecule has 4 aliphatic rings. The molecule has 2 aromatic rings. The summed E-state index contributed by atoms with van der Waals surface area (Å²) in [7, 11) is 2.22. The summed E-state index contributed by atoms with van der Waals surface area (Å²) in [5.41, 5.74) is 9.08. The highest BCUT2D eigenvalue weighted by Crippen LogP contribution is 2.51. The second-order valence-electron chi connectivity index (χ2n) is 15.7. The summed E-state index contributed by atoms with van der Waals surface area (Å²) in [4.78, 5) is 10.7. The summed E-state index contributed by atoms with van der Waals surface area (Å²) in [5, 5.41) is 0.852. The first-order chi connectivity index (χ1) is 20.4. The molecule has 3 unspecified atom stereocenters. The molecule has 3 fully saturated rings. The fourth-order valence-electron chi connectivity index (χ4n) is 8.67. The summed E-state index contributed by atoms with van der Waals surface area (Å²) in [5.74, 6) is 0. The monoisotopic (exact) mass is 602 g/mol. The van der Waals surface area contributed by atoms with Crippen molar-refractivity contribution < 1.29 is 0 Å². The molecule has 3 saturated heterocycles. The Morgan fingerprint density at radius 3 is 2.14 bits per heavy atom. The van der Waals surface area contributed by atoms with Crippen LogP contribution in [0.3, 0.4) is 0 Å². The summed E-state index contributed by atoms with van der Waals surface area (Å²) < 4.78 is 0. The number of nitrogens with zero attached hydrogens (tertiary/aromatic N) is 4. The molecule has 43 heavy (non-hydrogen) atoms. The second-order valence-corrected chi connectivity index (χ2v) is 16.1. The first-order valence-corrected chi connectivity index (χ1v) is 17.4. The van der Waals surface area contributed by atoms with E-state index in [0.29, 0.717) is 18.1 Å². The molecule has 4 heterocycles. The van der Waals surface area contributed by atoms with Crippen LogP contribution in [0.1, 0.15) is 127 Å². The van der Waals surface area contributed by atoms with Crippen LogP contribution in [-0.4, -0.2) is 65.5 Å². The van der Waals surface area contributed by atoms with Crippen LogP contribution in [0.2, 0.25) is 5.02 Å². The van der Waals surface area contributed by atoms with Crippen molar-refractivity contribution in [3.63, 3.8) is 0 Å². The average molecular weight is 603 g/mol. The number of rotatable bonds is 5. The van der Waals surface area contributed by atoms with Gasteiger partial charge in [0, 0.05) is 66.1 Å².